The maximum Gasteiger partial charge on any atom is 0.161 e. The number of nitrogens with two attached hydrogens (primary N) is 1. The first-order valence-corrected chi connectivity index (χ1v) is 8.68. The van der Waals surface area contributed by atoms with Crippen LogP contribution < -0.4 is 11.1 Å². The van der Waals surface area contributed by atoms with Gasteiger partial charge in [-0.05, 0) is 34.5 Å². The molecule has 0 bridgehead atoms. The normalized spacial score (nSPS) is 11.3. The molecule has 4 nitrogen and oxygen atoms in total. The molecule has 3 N–H and O–H groups in total. The van der Waals surface area contributed by atoms with Crippen LogP contribution in [0.5, 0.6) is 0 Å². The van der Waals surface area contributed by atoms with Gasteiger partial charge in [-0.3, -0.25) is 0 Å². The van der Waals surface area contributed by atoms with E-state index in [-0.39, 0.29) is 20.9 Å². The average molecular weight is 369 g/mol. The molecule has 19 heavy (non-hydrogen) atoms. The molecule has 0 spiro atoms. The van der Waals surface area contributed by atoms with Crippen LogP contribution in [0.2, 0.25) is 0 Å². The molecule has 1 aromatic rings. The van der Waals surface area contributed by atoms with E-state index in [4.69, 9.17) is 18.0 Å². The molecule has 0 aromatic heterocycles. The fourth-order valence-corrected chi connectivity index (χ4v) is 2.96. The molecule has 0 amide bonds. The Morgan fingerprint density at radius 1 is 1.53 bits per heavy atom. The topological polar surface area (TPSA) is 72.2 Å². The summed E-state index contributed by atoms with van der Waals surface area (Å²) in [5, 5.41) is 2.84. The van der Waals surface area contributed by atoms with Gasteiger partial charge in [0.1, 0.15) is 14.8 Å². The van der Waals surface area contributed by atoms with E-state index < -0.39 is 15.7 Å². The Kier molecular flexibility index (Phi) is 5.69. The summed E-state index contributed by atoms with van der Waals surface area (Å²) in [4.78, 5) is 0.106. The first-order valence-electron chi connectivity index (χ1n) is 5.42. The Hall–Kier alpha value is -0.730. The lowest BCUT2D eigenvalue weighted by molar-refractivity contribution is 0.599. The van der Waals surface area contributed by atoms with Crippen molar-refractivity contribution < 1.29 is 12.8 Å². The smallest absolute Gasteiger partial charge is 0.161 e. The van der Waals surface area contributed by atoms with Gasteiger partial charge in [-0.15, -0.1) is 0 Å². The molecule has 0 atom stereocenters. The lowest BCUT2D eigenvalue weighted by Gasteiger charge is -2.10. The average Bonchev–Trinajstić information content (AvgIpc) is 2.28. The maximum atomic E-state index is 13.9. The number of thiocarbonyl (C=S) groups is 1. The van der Waals surface area contributed by atoms with Crippen molar-refractivity contribution >= 4 is 48.7 Å². The zero-order valence-corrected chi connectivity index (χ0v) is 13.5. The molecule has 0 heterocycles. The lowest BCUT2D eigenvalue weighted by Crippen LogP contribution is -2.13. The minimum absolute atomic E-state index is 0.0633. The first kappa shape index (κ1) is 16.3. The van der Waals surface area contributed by atoms with E-state index in [1.54, 1.807) is 6.07 Å². The maximum absolute atomic E-state index is 13.9. The van der Waals surface area contributed by atoms with Gasteiger partial charge in [0.2, 0.25) is 0 Å². The van der Waals surface area contributed by atoms with Crippen molar-refractivity contribution in [1.29, 1.82) is 0 Å². The summed E-state index contributed by atoms with van der Waals surface area (Å²) >= 11 is 7.89. The third-order valence-electron chi connectivity index (χ3n) is 2.36. The molecule has 0 fully saturated rings. The monoisotopic (exact) mass is 368 g/mol. The summed E-state index contributed by atoms with van der Waals surface area (Å²) in [6, 6.07) is 3.13. The lowest BCUT2D eigenvalue weighted by atomic mass is 10.2. The van der Waals surface area contributed by atoms with Gasteiger partial charge in [0.25, 0.3) is 0 Å². The summed E-state index contributed by atoms with van der Waals surface area (Å²) in [7, 11) is -2.99. The Morgan fingerprint density at radius 2 is 2.16 bits per heavy atom. The molecule has 0 radical (unpaired) electrons. The van der Waals surface area contributed by atoms with Crippen LogP contribution in [0.25, 0.3) is 0 Å². The molecular formula is C11H14BrFN2O2S2. The predicted octanol–water partition coefficient (Wildman–Crippen LogP) is 2.07. The number of hydrogen-bond donors (Lipinski definition) is 2. The van der Waals surface area contributed by atoms with Crippen LogP contribution in [0.15, 0.2) is 16.6 Å². The van der Waals surface area contributed by atoms with Crippen LogP contribution in [0.3, 0.4) is 0 Å². The Balaban J connectivity index is 2.71. The largest absolute Gasteiger partial charge is 0.389 e. The molecule has 0 aliphatic carbocycles. The van der Waals surface area contributed by atoms with Gasteiger partial charge in [-0.25, -0.2) is 12.8 Å². The van der Waals surface area contributed by atoms with Crippen LogP contribution in [0.4, 0.5) is 10.1 Å². The first-order chi connectivity index (χ1) is 8.72. The number of benzene rings is 1. The Labute approximate surface area is 125 Å². The molecule has 0 aliphatic heterocycles. The number of halogens is 2. The van der Waals surface area contributed by atoms with Gasteiger partial charge in [0.05, 0.1) is 15.9 Å². The quantitative estimate of drug-likeness (QED) is 0.593. The highest BCUT2D eigenvalue weighted by atomic mass is 79.9. The van der Waals surface area contributed by atoms with E-state index in [0.29, 0.717) is 18.5 Å². The molecule has 0 saturated heterocycles. The van der Waals surface area contributed by atoms with Crippen LogP contribution in [0.1, 0.15) is 12.0 Å². The number of anilines is 1. The van der Waals surface area contributed by atoms with Crippen molar-refractivity contribution in [3.8, 4) is 0 Å². The molecule has 0 aliphatic rings. The Bertz CT molecular complexity index is 591. The third kappa shape index (κ3) is 5.04. The summed E-state index contributed by atoms with van der Waals surface area (Å²) in [6.45, 7) is 0.364. The summed E-state index contributed by atoms with van der Waals surface area (Å²) in [6.07, 6.45) is 1.58. The van der Waals surface area contributed by atoms with Crippen molar-refractivity contribution in [3.63, 3.8) is 0 Å². The van der Waals surface area contributed by atoms with Crippen LogP contribution >= 0.6 is 28.1 Å². The molecule has 8 heteroatoms. The fraction of sp³-hybridized carbons (Fsp3) is 0.364. The van der Waals surface area contributed by atoms with Crippen molar-refractivity contribution in [2.24, 2.45) is 5.73 Å². The summed E-state index contributed by atoms with van der Waals surface area (Å²) in [5.74, 6) is -0.432. The highest BCUT2D eigenvalue weighted by molar-refractivity contribution is 9.10. The third-order valence-corrected chi connectivity index (χ3v) is 4.38. The van der Waals surface area contributed by atoms with Gasteiger partial charge >= 0.3 is 0 Å². The van der Waals surface area contributed by atoms with Crippen LogP contribution in [-0.4, -0.2) is 32.0 Å². The number of sulfone groups is 1. The summed E-state index contributed by atoms with van der Waals surface area (Å²) in [5.41, 5.74) is 6.15. The zero-order chi connectivity index (χ0) is 14.6. The molecule has 0 unspecified atom stereocenters. The van der Waals surface area contributed by atoms with Crippen molar-refractivity contribution in [2.45, 2.75) is 6.42 Å². The van der Waals surface area contributed by atoms with Crippen molar-refractivity contribution in [3.05, 3.63) is 28.0 Å². The van der Waals surface area contributed by atoms with Crippen LogP contribution in [-0.2, 0) is 9.84 Å². The van der Waals surface area contributed by atoms with Crippen molar-refractivity contribution in [2.75, 3.05) is 23.9 Å². The van der Waals surface area contributed by atoms with Gasteiger partial charge in [-0.1, -0.05) is 12.2 Å². The molecule has 1 aromatic carbocycles. The minimum Gasteiger partial charge on any atom is -0.389 e. The van der Waals surface area contributed by atoms with E-state index in [1.807, 2.05) is 0 Å². The van der Waals surface area contributed by atoms with Gasteiger partial charge < -0.3 is 11.1 Å². The standard InChI is InChI=1S/C11H14BrFN2O2S2/c1-19(16,17)6-2-5-15-8-4-3-7(11(14)18)9(12)10(8)13/h3-4,15H,2,5-6H2,1H3,(H2,14,18). The number of rotatable bonds is 6. The van der Waals surface area contributed by atoms with E-state index in [0.717, 1.165) is 0 Å². The zero-order valence-electron chi connectivity index (χ0n) is 10.2. The van der Waals surface area contributed by atoms with E-state index >= 15 is 0 Å². The molecular weight excluding hydrogens is 355 g/mol. The summed E-state index contributed by atoms with van der Waals surface area (Å²) < 4.78 is 36.0. The highest BCUT2D eigenvalue weighted by Gasteiger charge is 2.12. The molecule has 0 saturated carbocycles. The van der Waals surface area contributed by atoms with E-state index in [1.165, 1.54) is 12.3 Å². The fourth-order valence-electron chi connectivity index (χ4n) is 1.43. The van der Waals surface area contributed by atoms with Gasteiger partial charge in [-0.2, -0.15) is 0 Å². The predicted molar refractivity (Wildman–Crippen MR) is 82.8 cm³/mol. The van der Waals surface area contributed by atoms with Gasteiger partial charge in [0.15, 0.2) is 5.82 Å². The molecule has 106 valence electrons. The van der Waals surface area contributed by atoms with E-state index in [2.05, 4.69) is 21.2 Å². The molecule has 1 rings (SSSR count). The van der Waals surface area contributed by atoms with Crippen molar-refractivity contribution in [1.82, 2.24) is 0 Å². The highest BCUT2D eigenvalue weighted by Crippen LogP contribution is 2.27. The second kappa shape index (κ2) is 6.62. The second-order valence-corrected chi connectivity index (χ2v) is 7.56. The van der Waals surface area contributed by atoms with Gasteiger partial charge in [0, 0.05) is 18.4 Å². The Morgan fingerprint density at radius 3 is 2.68 bits per heavy atom. The second-order valence-electron chi connectivity index (χ2n) is 4.06. The number of nitrogens with one attached hydrogen (secondary N) is 1. The van der Waals surface area contributed by atoms with Crippen LogP contribution in [0, 0.1) is 5.82 Å². The SMILES string of the molecule is CS(=O)(=O)CCCNc1ccc(C(N)=S)c(Br)c1F. The van der Waals surface area contributed by atoms with E-state index in [9.17, 15) is 12.8 Å². The number of hydrogen-bond acceptors (Lipinski definition) is 4. The minimum atomic E-state index is -2.99.